The average molecular weight is 697 g/mol. The summed E-state index contributed by atoms with van der Waals surface area (Å²) in [7, 11) is 4.52. The molecule has 2 N–H and O–H groups in total. The number of ether oxygens (including phenoxy) is 4. The van der Waals surface area contributed by atoms with Crippen LogP contribution >= 0.6 is 39.1 Å². The summed E-state index contributed by atoms with van der Waals surface area (Å²) in [5.74, 6) is 0.277. The molecular formula is C32H24BrCl2N3O6. The van der Waals surface area contributed by atoms with Crippen molar-refractivity contribution in [3.63, 3.8) is 0 Å². The maximum Gasteiger partial charge on any atom is 0.347 e. The molecule has 5 aromatic rings. The van der Waals surface area contributed by atoms with Gasteiger partial charge in [-0.3, -0.25) is 4.79 Å². The number of carbonyl (C=O) groups is 2. The molecule has 0 saturated heterocycles. The first kappa shape index (κ1) is 30.9. The molecule has 0 atom stereocenters. The summed E-state index contributed by atoms with van der Waals surface area (Å²) in [6.45, 7) is 0. The first-order valence-electron chi connectivity index (χ1n) is 13.0. The number of nitrogens with zero attached hydrogens (tertiary/aromatic N) is 1. The molecule has 12 heteroatoms. The van der Waals surface area contributed by atoms with Crippen molar-refractivity contribution >= 4 is 68.1 Å². The fourth-order valence-electron chi connectivity index (χ4n) is 4.62. The lowest BCUT2D eigenvalue weighted by molar-refractivity contribution is 0.0730. The van der Waals surface area contributed by atoms with Gasteiger partial charge in [0.25, 0.3) is 5.91 Å². The number of carbonyl (C=O) groups excluding carboxylic acids is 2. The molecule has 4 aromatic carbocycles. The maximum absolute atomic E-state index is 13.6. The highest BCUT2D eigenvalue weighted by Gasteiger charge is 2.25. The van der Waals surface area contributed by atoms with Crippen molar-refractivity contribution in [2.75, 3.05) is 21.3 Å². The quantitative estimate of drug-likeness (QED) is 0.0701. The van der Waals surface area contributed by atoms with Gasteiger partial charge >= 0.3 is 5.97 Å². The highest BCUT2D eigenvalue weighted by atomic mass is 79.9. The second-order valence-corrected chi connectivity index (χ2v) is 10.9. The predicted molar refractivity (Wildman–Crippen MR) is 174 cm³/mol. The second kappa shape index (κ2) is 13.4. The zero-order chi connectivity index (χ0) is 31.4. The van der Waals surface area contributed by atoms with E-state index in [1.165, 1.54) is 26.5 Å². The highest BCUT2D eigenvalue weighted by molar-refractivity contribution is 9.10. The lowest BCUT2D eigenvalue weighted by Crippen LogP contribution is -2.19. The van der Waals surface area contributed by atoms with E-state index in [9.17, 15) is 9.59 Å². The van der Waals surface area contributed by atoms with Gasteiger partial charge in [0.2, 0.25) is 0 Å². The van der Waals surface area contributed by atoms with E-state index < -0.39 is 11.9 Å². The zero-order valence-corrected chi connectivity index (χ0v) is 26.6. The summed E-state index contributed by atoms with van der Waals surface area (Å²) in [5.41, 5.74) is 4.96. The van der Waals surface area contributed by atoms with Gasteiger partial charge in [-0.1, -0.05) is 57.3 Å². The Balaban J connectivity index is 1.49. The fraction of sp³-hybridized carbons (Fsp3) is 0.0938. The van der Waals surface area contributed by atoms with Gasteiger partial charge in [0.15, 0.2) is 0 Å². The van der Waals surface area contributed by atoms with Crippen LogP contribution in [0.3, 0.4) is 0 Å². The summed E-state index contributed by atoms with van der Waals surface area (Å²) in [6, 6.07) is 20.3. The van der Waals surface area contributed by atoms with E-state index in [1.54, 1.807) is 67.8 Å². The molecular weight excluding hydrogens is 673 g/mol. The normalized spacial score (nSPS) is 11.0. The van der Waals surface area contributed by atoms with Gasteiger partial charge in [-0.05, 0) is 54.6 Å². The molecule has 0 fully saturated rings. The molecule has 0 radical (unpaired) electrons. The van der Waals surface area contributed by atoms with Crippen LogP contribution < -0.4 is 24.4 Å². The molecule has 0 aliphatic carbocycles. The van der Waals surface area contributed by atoms with Crippen molar-refractivity contribution in [1.82, 2.24) is 10.4 Å². The number of methoxy groups -OCH3 is 3. The summed E-state index contributed by atoms with van der Waals surface area (Å²) in [5, 5.41) is 5.57. The van der Waals surface area contributed by atoms with Crippen molar-refractivity contribution in [1.29, 1.82) is 0 Å². The Kier molecular flexibility index (Phi) is 9.43. The van der Waals surface area contributed by atoms with Crippen LogP contribution in [0.1, 0.15) is 26.4 Å². The summed E-state index contributed by atoms with van der Waals surface area (Å²) in [4.78, 5) is 29.8. The number of hydrogen-bond donors (Lipinski definition) is 2. The molecule has 224 valence electrons. The van der Waals surface area contributed by atoms with Crippen molar-refractivity contribution in [2.24, 2.45) is 5.10 Å². The number of H-pyrrole nitrogens is 1. The van der Waals surface area contributed by atoms with Gasteiger partial charge in [-0.25, -0.2) is 10.2 Å². The number of esters is 1. The van der Waals surface area contributed by atoms with E-state index in [2.05, 4.69) is 31.4 Å². The number of nitrogens with one attached hydrogen (secondary N) is 2. The third-order valence-electron chi connectivity index (χ3n) is 6.61. The van der Waals surface area contributed by atoms with Gasteiger partial charge in [0.1, 0.15) is 34.3 Å². The monoisotopic (exact) mass is 695 g/mol. The topological polar surface area (TPSA) is 111 Å². The summed E-state index contributed by atoms with van der Waals surface area (Å²) < 4.78 is 22.8. The SMILES string of the molecule is COc1ccc(Cl)cc1C(=O)Oc1ccc(Br)cc1C=NNC(=O)c1[nH]c2c(OC)ccc(OC)c2c1-c1ccccc1Cl. The number of halogens is 3. The van der Waals surface area contributed by atoms with Crippen molar-refractivity contribution in [3.8, 4) is 34.1 Å². The molecule has 1 aromatic heterocycles. The number of rotatable bonds is 9. The third kappa shape index (κ3) is 6.23. The Morgan fingerprint density at radius 1 is 0.864 bits per heavy atom. The van der Waals surface area contributed by atoms with Crippen molar-refractivity contribution in [3.05, 3.63) is 104 Å². The van der Waals surface area contributed by atoms with E-state index in [0.717, 1.165) is 0 Å². The number of hydrazone groups is 1. The molecule has 44 heavy (non-hydrogen) atoms. The number of fused-ring (bicyclic) bond motifs is 1. The van der Waals surface area contributed by atoms with Crippen LogP contribution in [0, 0.1) is 0 Å². The largest absolute Gasteiger partial charge is 0.496 e. The van der Waals surface area contributed by atoms with Crippen LogP contribution in [0.15, 0.2) is 82.4 Å². The zero-order valence-electron chi connectivity index (χ0n) is 23.5. The number of aromatic nitrogens is 1. The van der Waals surface area contributed by atoms with Gasteiger partial charge in [-0.2, -0.15) is 5.10 Å². The standard InChI is InChI=1S/C32H24BrCl2N3O6/c1-41-24-11-9-19(34)15-21(24)32(40)44-23-10-8-18(33)14-17(23)16-36-38-31(39)30-27(20-6-4-5-7-22(20)35)28-25(42-2)12-13-26(43-3)29(28)37-30/h4-16,37H,1-3H3,(H,38,39). The molecule has 0 saturated carbocycles. The van der Waals surface area contributed by atoms with Gasteiger partial charge in [0, 0.05) is 31.2 Å². The first-order valence-corrected chi connectivity index (χ1v) is 14.5. The van der Waals surface area contributed by atoms with Gasteiger partial charge < -0.3 is 23.9 Å². The summed E-state index contributed by atoms with van der Waals surface area (Å²) >= 11 is 16.1. The Bertz CT molecular complexity index is 1920. The predicted octanol–water partition coefficient (Wildman–Crippen LogP) is 7.91. The van der Waals surface area contributed by atoms with Crippen LogP contribution in [0.25, 0.3) is 22.0 Å². The third-order valence-corrected chi connectivity index (χ3v) is 7.67. The van der Waals surface area contributed by atoms with Crippen LogP contribution in [0.4, 0.5) is 0 Å². The maximum atomic E-state index is 13.6. The minimum Gasteiger partial charge on any atom is -0.496 e. The van der Waals surface area contributed by atoms with Crippen LogP contribution in [0.2, 0.25) is 10.0 Å². The van der Waals surface area contributed by atoms with Crippen molar-refractivity contribution in [2.45, 2.75) is 0 Å². The van der Waals surface area contributed by atoms with E-state index in [4.69, 9.17) is 42.1 Å². The Hall–Kier alpha value is -4.51. The Morgan fingerprint density at radius 2 is 1.55 bits per heavy atom. The molecule has 1 amide bonds. The fourth-order valence-corrected chi connectivity index (χ4v) is 5.40. The number of amides is 1. The van der Waals surface area contributed by atoms with E-state index in [0.29, 0.717) is 59.4 Å². The molecule has 0 unspecified atom stereocenters. The van der Waals surface area contributed by atoms with Gasteiger partial charge in [-0.15, -0.1) is 0 Å². The molecule has 0 aliphatic rings. The van der Waals surface area contributed by atoms with Crippen molar-refractivity contribution < 1.29 is 28.5 Å². The molecule has 0 aliphatic heterocycles. The molecule has 0 bridgehead atoms. The Labute approximate surface area is 270 Å². The summed E-state index contributed by atoms with van der Waals surface area (Å²) in [6.07, 6.45) is 1.36. The number of hydrogen-bond acceptors (Lipinski definition) is 7. The van der Waals surface area contributed by atoms with Gasteiger partial charge in [0.05, 0.1) is 38.4 Å². The van der Waals surface area contributed by atoms with Crippen LogP contribution in [-0.4, -0.2) is 44.4 Å². The lowest BCUT2D eigenvalue weighted by atomic mass is 10.0. The minimum absolute atomic E-state index is 0.149. The van der Waals surface area contributed by atoms with E-state index >= 15 is 0 Å². The molecule has 1 heterocycles. The van der Waals surface area contributed by atoms with Crippen LogP contribution in [0.5, 0.6) is 23.0 Å². The lowest BCUT2D eigenvalue weighted by Gasteiger charge is -2.11. The smallest absolute Gasteiger partial charge is 0.347 e. The van der Waals surface area contributed by atoms with E-state index in [1.807, 2.05) is 6.07 Å². The molecule has 9 nitrogen and oxygen atoms in total. The number of aromatic amines is 1. The average Bonchev–Trinajstić information content (AvgIpc) is 3.42. The highest BCUT2D eigenvalue weighted by Crippen LogP contribution is 2.44. The van der Waals surface area contributed by atoms with E-state index in [-0.39, 0.29) is 17.0 Å². The molecule has 5 rings (SSSR count). The number of benzene rings is 4. The Morgan fingerprint density at radius 3 is 2.27 bits per heavy atom. The first-order chi connectivity index (χ1) is 21.2. The minimum atomic E-state index is -0.685. The second-order valence-electron chi connectivity index (χ2n) is 9.19. The molecule has 0 spiro atoms. The van der Waals surface area contributed by atoms with Crippen LogP contribution in [-0.2, 0) is 0 Å².